The fourth-order valence-corrected chi connectivity index (χ4v) is 1.60. The lowest BCUT2D eigenvalue weighted by molar-refractivity contribution is 0.448. The van der Waals surface area contributed by atoms with Gasteiger partial charge in [0.2, 0.25) is 5.89 Å². The van der Waals surface area contributed by atoms with Crippen molar-refractivity contribution in [2.75, 3.05) is 0 Å². The molecule has 2 aromatic heterocycles. The Morgan fingerprint density at radius 1 is 1.39 bits per heavy atom. The summed E-state index contributed by atoms with van der Waals surface area (Å²) in [6, 6.07) is 5.76. The van der Waals surface area contributed by atoms with Gasteiger partial charge in [-0.15, -0.1) is 0 Å². The van der Waals surface area contributed by atoms with Gasteiger partial charge in [0.05, 0.1) is 12.2 Å². The Morgan fingerprint density at radius 3 is 2.89 bits per heavy atom. The SMILES string of the molecule is Cc1nc(CNCc2cccnc2C#N)oc1C. The largest absolute Gasteiger partial charge is 0.444 e. The second-order valence-electron chi connectivity index (χ2n) is 3.98. The highest BCUT2D eigenvalue weighted by Crippen LogP contribution is 2.08. The number of nitrogens with one attached hydrogen (secondary N) is 1. The van der Waals surface area contributed by atoms with Crippen molar-refractivity contribution in [3.05, 3.63) is 46.9 Å². The molecule has 0 aliphatic rings. The van der Waals surface area contributed by atoms with Crippen molar-refractivity contribution >= 4 is 0 Å². The Balaban J connectivity index is 1.94. The molecule has 0 saturated heterocycles. The molecular formula is C13H14N4O. The highest BCUT2D eigenvalue weighted by molar-refractivity contribution is 5.30. The number of aromatic nitrogens is 2. The molecule has 0 amide bonds. The number of oxazole rings is 1. The average Bonchev–Trinajstić information content (AvgIpc) is 2.69. The van der Waals surface area contributed by atoms with Gasteiger partial charge in [-0.3, -0.25) is 0 Å². The average molecular weight is 242 g/mol. The number of nitriles is 1. The smallest absolute Gasteiger partial charge is 0.208 e. The van der Waals surface area contributed by atoms with Crippen LogP contribution in [0.1, 0.15) is 28.6 Å². The van der Waals surface area contributed by atoms with Crippen LogP contribution in [-0.4, -0.2) is 9.97 Å². The molecule has 0 saturated carbocycles. The summed E-state index contributed by atoms with van der Waals surface area (Å²) < 4.78 is 5.45. The van der Waals surface area contributed by atoms with Crippen molar-refractivity contribution in [3.8, 4) is 6.07 Å². The Hall–Kier alpha value is -2.19. The van der Waals surface area contributed by atoms with Crippen LogP contribution >= 0.6 is 0 Å². The lowest BCUT2D eigenvalue weighted by Crippen LogP contribution is -2.14. The Bertz CT molecular complexity index is 563. The van der Waals surface area contributed by atoms with Gasteiger partial charge in [0.25, 0.3) is 0 Å². The molecule has 1 N–H and O–H groups in total. The first-order chi connectivity index (χ1) is 8.70. The molecule has 0 unspecified atom stereocenters. The minimum Gasteiger partial charge on any atom is -0.444 e. The lowest BCUT2D eigenvalue weighted by Gasteiger charge is -2.03. The van der Waals surface area contributed by atoms with E-state index in [0.717, 1.165) is 17.0 Å². The van der Waals surface area contributed by atoms with E-state index in [2.05, 4.69) is 21.4 Å². The van der Waals surface area contributed by atoms with Crippen LogP contribution in [0.3, 0.4) is 0 Å². The van der Waals surface area contributed by atoms with E-state index in [-0.39, 0.29) is 0 Å². The zero-order chi connectivity index (χ0) is 13.0. The number of rotatable bonds is 4. The predicted octanol–water partition coefficient (Wildman–Crippen LogP) is 1.85. The molecule has 0 bridgehead atoms. The van der Waals surface area contributed by atoms with Crippen molar-refractivity contribution < 1.29 is 4.42 Å². The van der Waals surface area contributed by atoms with Crippen LogP contribution in [0.25, 0.3) is 0 Å². The summed E-state index contributed by atoms with van der Waals surface area (Å²) in [6.07, 6.45) is 1.61. The minimum atomic E-state index is 0.449. The zero-order valence-electron chi connectivity index (χ0n) is 10.4. The van der Waals surface area contributed by atoms with E-state index in [9.17, 15) is 0 Å². The van der Waals surface area contributed by atoms with E-state index in [1.54, 1.807) is 6.20 Å². The van der Waals surface area contributed by atoms with E-state index in [1.165, 1.54) is 0 Å². The molecule has 0 atom stereocenters. The van der Waals surface area contributed by atoms with Crippen molar-refractivity contribution in [2.45, 2.75) is 26.9 Å². The van der Waals surface area contributed by atoms with Crippen molar-refractivity contribution in [2.24, 2.45) is 0 Å². The molecule has 18 heavy (non-hydrogen) atoms. The van der Waals surface area contributed by atoms with Gasteiger partial charge in [-0.1, -0.05) is 6.07 Å². The van der Waals surface area contributed by atoms with Crippen molar-refractivity contribution in [1.82, 2.24) is 15.3 Å². The third-order valence-corrected chi connectivity index (χ3v) is 2.66. The fraction of sp³-hybridized carbons (Fsp3) is 0.308. The molecule has 0 radical (unpaired) electrons. The van der Waals surface area contributed by atoms with E-state index < -0.39 is 0 Å². The van der Waals surface area contributed by atoms with E-state index in [4.69, 9.17) is 9.68 Å². The van der Waals surface area contributed by atoms with Gasteiger partial charge in [0.1, 0.15) is 17.5 Å². The number of hydrogen-bond acceptors (Lipinski definition) is 5. The maximum Gasteiger partial charge on any atom is 0.208 e. The summed E-state index contributed by atoms with van der Waals surface area (Å²) in [5.74, 6) is 1.50. The molecule has 2 aromatic rings. The standard InChI is InChI=1S/C13H14N4O/c1-9-10(2)18-13(17-9)8-15-7-11-4-3-5-16-12(11)6-14/h3-5,15H,7-8H2,1-2H3. The predicted molar refractivity (Wildman–Crippen MR) is 65.5 cm³/mol. The molecule has 0 spiro atoms. The first kappa shape index (κ1) is 12.3. The number of nitrogens with zero attached hydrogens (tertiary/aromatic N) is 3. The van der Waals surface area contributed by atoms with Gasteiger partial charge in [-0.25, -0.2) is 9.97 Å². The third kappa shape index (κ3) is 2.73. The summed E-state index contributed by atoms with van der Waals surface area (Å²) in [4.78, 5) is 8.28. The number of pyridine rings is 1. The number of hydrogen-bond donors (Lipinski definition) is 1. The van der Waals surface area contributed by atoms with Gasteiger partial charge in [-0.05, 0) is 19.9 Å². The fourth-order valence-electron chi connectivity index (χ4n) is 1.60. The highest BCUT2D eigenvalue weighted by atomic mass is 16.4. The molecular weight excluding hydrogens is 228 g/mol. The van der Waals surface area contributed by atoms with Crippen LogP contribution < -0.4 is 5.32 Å². The van der Waals surface area contributed by atoms with Crippen LogP contribution in [0, 0.1) is 25.2 Å². The van der Waals surface area contributed by atoms with Gasteiger partial charge in [0, 0.05) is 18.3 Å². The summed E-state index contributed by atoms with van der Waals surface area (Å²) in [5, 5.41) is 12.1. The van der Waals surface area contributed by atoms with Crippen LogP contribution in [0.5, 0.6) is 0 Å². The van der Waals surface area contributed by atoms with Gasteiger partial charge < -0.3 is 9.73 Å². The monoisotopic (exact) mass is 242 g/mol. The van der Waals surface area contributed by atoms with E-state index >= 15 is 0 Å². The highest BCUT2D eigenvalue weighted by Gasteiger charge is 2.06. The van der Waals surface area contributed by atoms with Gasteiger partial charge in [-0.2, -0.15) is 5.26 Å². The van der Waals surface area contributed by atoms with E-state index in [1.807, 2.05) is 26.0 Å². The van der Waals surface area contributed by atoms with Crippen LogP contribution in [0.4, 0.5) is 0 Å². The molecule has 5 nitrogen and oxygen atoms in total. The quantitative estimate of drug-likeness (QED) is 0.885. The molecule has 2 rings (SSSR count). The normalized spacial score (nSPS) is 10.3. The van der Waals surface area contributed by atoms with Crippen molar-refractivity contribution in [3.63, 3.8) is 0 Å². The second-order valence-corrected chi connectivity index (χ2v) is 3.98. The van der Waals surface area contributed by atoms with Crippen LogP contribution in [0.2, 0.25) is 0 Å². The molecule has 92 valence electrons. The molecule has 2 heterocycles. The maximum absolute atomic E-state index is 8.90. The zero-order valence-corrected chi connectivity index (χ0v) is 10.4. The summed E-state index contributed by atoms with van der Waals surface area (Å²) in [5.41, 5.74) is 2.23. The van der Waals surface area contributed by atoms with Gasteiger partial charge >= 0.3 is 0 Å². The molecule has 0 fully saturated rings. The first-order valence-corrected chi connectivity index (χ1v) is 5.68. The van der Waals surface area contributed by atoms with Crippen molar-refractivity contribution in [1.29, 1.82) is 5.26 Å². The van der Waals surface area contributed by atoms with Crippen LogP contribution in [0.15, 0.2) is 22.7 Å². The first-order valence-electron chi connectivity index (χ1n) is 5.68. The molecule has 0 aliphatic carbocycles. The molecule has 5 heteroatoms. The minimum absolute atomic E-state index is 0.449. The molecule has 0 aliphatic heterocycles. The maximum atomic E-state index is 8.90. The Morgan fingerprint density at radius 2 is 2.22 bits per heavy atom. The Kier molecular flexibility index (Phi) is 3.70. The van der Waals surface area contributed by atoms with Gasteiger partial charge in [0.15, 0.2) is 0 Å². The summed E-state index contributed by atoms with van der Waals surface area (Å²) in [7, 11) is 0. The van der Waals surface area contributed by atoms with Crippen LogP contribution in [-0.2, 0) is 13.1 Å². The Labute approximate surface area is 105 Å². The second kappa shape index (κ2) is 5.43. The number of aryl methyl sites for hydroxylation is 2. The molecule has 0 aromatic carbocycles. The summed E-state index contributed by atoms with van der Waals surface area (Å²) >= 11 is 0. The third-order valence-electron chi connectivity index (χ3n) is 2.66. The summed E-state index contributed by atoms with van der Waals surface area (Å²) in [6.45, 7) is 4.91. The lowest BCUT2D eigenvalue weighted by atomic mass is 10.2. The topological polar surface area (TPSA) is 74.7 Å². The van der Waals surface area contributed by atoms with E-state index in [0.29, 0.717) is 24.7 Å².